The molecule has 11 heavy (non-hydrogen) atoms. The first-order chi connectivity index (χ1) is 5.11. The van der Waals surface area contributed by atoms with Crippen molar-refractivity contribution in [1.82, 2.24) is 15.0 Å². The van der Waals surface area contributed by atoms with Gasteiger partial charge in [-0.05, 0) is 6.92 Å². The van der Waals surface area contributed by atoms with Gasteiger partial charge in [0.2, 0.25) is 5.78 Å². The zero-order valence-corrected chi connectivity index (χ0v) is 6.48. The zero-order valence-electron chi connectivity index (χ0n) is 6.48. The van der Waals surface area contributed by atoms with Crippen molar-refractivity contribution in [3.8, 4) is 0 Å². The summed E-state index contributed by atoms with van der Waals surface area (Å²) in [5.74, 6) is -0.182. The molecule has 60 valence electrons. The Kier molecular flexibility index (Phi) is 2.00. The lowest BCUT2D eigenvalue weighted by molar-refractivity contribution is 0.0962. The van der Waals surface area contributed by atoms with E-state index in [0.29, 0.717) is 5.69 Å². The molecule has 0 bridgehead atoms. The number of aryl methyl sites for hydroxylation is 1. The Morgan fingerprint density at radius 1 is 1.82 bits per heavy atom. The quantitative estimate of drug-likeness (QED) is 0.574. The smallest absolute Gasteiger partial charge is 0.201 e. The van der Waals surface area contributed by atoms with Crippen LogP contribution in [-0.4, -0.2) is 26.8 Å². The van der Waals surface area contributed by atoms with Crippen molar-refractivity contribution in [2.24, 2.45) is 12.8 Å². The van der Waals surface area contributed by atoms with Gasteiger partial charge in [0.25, 0.3) is 0 Å². The number of Topliss-reactive ketones (excluding diaryl/α,β-unsaturated/α-hetero) is 1. The Morgan fingerprint density at radius 3 is 2.82 bits per heavy atom. The van der Waals surface area contributed by atoms with Gasteiger partial charge in [0.15, 0.2) is 0 Å². The van der Waals surface area contributed by atoms with Crippen LogP contribution in [0.3, 0.4) is 0 Å². The Balaban J connectivity index is 2.85. The monoisotopic (exact) mass is 154 g/mol. The molecule has 0 unspecified atom stereocenters. The normalized spacial score (nSPS) is 13.0. The van der Waals surface area contributed by atoms with Gasteiger partial charge in [0.05, 0.1) is 12.2 Å². The van der Waals surface area contributed by atoms with Crippen LogP contribution in [0.25, 0.3) is 0 Å². The van der Waals surface area contributed by atoms with E-state index < -0.39 is 6.04 Å². The van der Waals surface area contributed by atoms with Crippen molar-refractivity contribution >= 4 is 5.78 Å². The molecule has 0 radical (unpaired) electrons. The van der Waals surface area contributed by atoms with Crippen LogP contribution in [0.15, 0.2) is 6.20 Å². The highest BCUT2D eigenvalue weighted by Gasteiger charge is 2.13. The van der Waals surface area contributed by atoms with E-state index in [1.165, 1.54) is 11.0 Å². The molecule has 2 N–H and O–H groups in total. The number of hydrogen-bond donors (Lipinski definition) is 1. The Labute approximate surface area is 64.2 Å². The van der Waals surface area contributed by atoms with Crippen LogP contribution in [0.5, 0.6) is 0 Å². The number of rotatable bonds is 2. The van der Waals surface area contributed by atoms with Gasteiger partial charge in [-0.1, -0.05) is 0 Å². The Bertz CT molecular complexity index is 265. The summed E-state index contributed by atoms with van der Waals surface area (Å²) in [6.45, 7) is 1.62. The Hall–Kier alpha value is -1.23. The van der Waals surface area contributed by atoms with Gasteiger partial charge in [0, 0.05) is 7.05 Å². The maximum atomic E-state index is 11.1. The highest BCUT2D eigenvalue weighted by Crippen LogP contribution is 1.94. The lowest BCUT2D eigenvalue weighted by atomic mass is 10.2. The number of ketones is 1. The summed E-state index contributed by atoms with van der Waals surface area (Å²) in [5.41, 5.74) is 5.67. The second-order valence-electron chi connectivity index (χ2n) is 2.37. The molecule has 0 saturated carbocycles. The fourth-order valence-corrected chi connectivity index (χ4v) is 0.692. The van der Waals surface area contributed by atoms with Crippen molar-refractivity contribution in [2.45, 2.75) is 13.0 Å². The summed E-state index contributed by atoms with van der Waals surface area (Å²) in [7, 11) is 1.65. The van der Waals surface area contributed by atoms with Crippen LogP contribution >= 0.6 is 0 Å². The third kappa shape index (κ3) is 1.62. The Morgan fingerprint density at radius 2 is 2.45 bits per heavy atom. The maximum absolute atomic E-state index is 11.1. The van der Waals surface area contributed by atoms with Gasteiger partial charge in [-0.15, -0.1) is 0 Å². The number of nitrogens with zero attached hydrogens (tertiary/aromatic N) is 3. The topological polar surface area (TPSA) is 73.8 Å². The van der Waals surface area contributed by atoms with Crippen molar-refractivity contribution in [1.29, 1.82) is 0 Å². The minimum atomic E-state index is -0.508. The first kappa shape index (κ1) is 7.87. The van der Waals surface area contributed by atoms with Crippen LogP contribution in [0.4, 0.5) is 0 Å². The third-order valence-electron chi connectivity index (χ3n) is 1.27. The fraction of sp³-hybridized carbons (Fsp3) is 0.500. The SMILES string of the molecule is C[C@@H](N)C(=O)c1cnn(C)n1. The van der Waals surface area contributed by atoms with Crippen molar-refractivity contribution in [2.75, 3.05) is 0 Å². The van der Waals surface area contributed by atoms with Gasteiger partial charge in [-0.25, -0.2) is 0 Å². The molecule has 0 spiro atoms. The van der Waals surface area contributed by atoms with Crippen LogP contribution in [0, 0.1) is 0 Å². The van der Waals surface area contributed by atoms with Crippen LogP contribution in [-0.2, 0) is 7.05 Å². The molecule has 1 aromatic rings. The molecule has 0 aromatic carbocycles. The molecular formula is C6H10N4O. The molecule has 5 heteroatoms. The van der Waals surface area contributed by atoms with Gasteiger partial charge in [-0.2, -0.15) is 15.0 Å². The summed E-state index contributed by atoms with van der Waals surface area (Å²) >= 11 is 0. The zero-order chi connectivity index (χ0) is 8.43. The van der Waals surface area contributed by atoms with E-state index in [2.05, 4.69) is 10.2 Å². The predicted octanol–water partition coefficient (Wildman–Crippen LogP) is -0.655. The molecule has 1 atom stereocenters. The van der Waals surface area contributed by atoms with Crippen LogP contribution < -0.4 is 5.73 Å². The van der Waals surface area contributed by atoms with E-state index >= 15 is 0 Å². The molecule has 0 saturated heterocycles. The highest BCUT2D eigenvalue weighted by atomic mass is 16.1. The van der Waals surface area contributed by atoms with E-state index in [1.54, 1.807) is 14.0 Å². The molecular weight excluding hydrogens is 144 g/mol. The predicted molar refractivity (Wildman–Crippen MR) is 39.0 cm³/mol. The average Bonchev–Trinajstić information content (AvgIpc) is 2.34. The molecule has 1 heterocycles. The number of hydrogen-bond acceptors (Lipinski definition) is 4. The van der Waals surface area contributed by atoms with Gasteiger partial charge < -0.3 is 5.73 Å². The van der Waals surface area contributed by atoms with Gasteiger partial charge >= 0.3 is 0 Å². The average molecular weight is 154 g/mol. The molecule has 1 aromatic heterocycles. The molecule has 0 aliphatic rings. The van der Waals surface area contributed by atoms with Crippen molar-refractivity contribution in [3.05, 3.63) is 11.9 Å². The second-order valence-corrected chi connectivity index (χ2v) is 2.37. The van der Waals surface area contributed by atoms with Crippen molar-refractivity contribution in [3.63, 3.8) is 0 Å². The lowest BCUT2D eigenvalue weighted by Crippen LogP contribution is -2.27. The molecule has 0 amide bonds. The molecule has 0 fully saturated rings. The summed E-state index contributed by atoms with van der Waals surface area (Å²) in [4.78, 5) is 12.4. The number of aromatic nitrogens is 3. The maximum Gasteiger partial charge on any atom is 0.201 e. The van der Waals surface area contributed by atoms with Gasteiger partial charge in [0.1, 0.15) is 5.69 Å². The first-order valence-electron chi connectivity index (χ1n) is 3.27. The third-order valence-corrected chi connectivity index (χ3v) is 1.27. The molecule has 0 aliphatic heterocycles. The van der Waals surface area contributed by atoms with E-state index in [-0.39, 0.29) is 5.78 Å². The number of carbonyl (C=O) groups is 1. The summed E-state index contributed by atoms with van der Waals surface area (Å²) < 4.78 is 0. The minimum absolute atomic E-state index is 0.182. The van der Waals surface area contributed by atoms with E-state index in [0.717, 1.165) is 0 Å². The molecule has 5 nitrogen and oxygen atoms in total. The van der Waals surface area contributed by atoms with E-state index in [4.69, 9.17) is 5.73 Å². The lowest BCUT2D eigenvalue weighted by Gasteiger charge is -1.97. The van der Waals surface area contributed by atoms with Crippen molar-refractivity contribution < 1.29 is 4.79 Å². The molecule has 0 aliphatic carbocycles. The second kappa shape index (κ2) is 2.79. The standard InChI is InChI=1S/C6H10N4O/c1-4(7)6(11)5-3-8-10(2)9-5/h3-4H,7H2,1-2H3/t4-/m1/s1. The summed E-state index contributed by atoms with van der Waals surface area (Å²) in [5, 5.41) is 7.56. The number of nitrogens with two attached hydrogens (primary N) is 1. The summed E-state index contributed by atoms with van der Waals surface area (Å²) in [6.07, 6.45) is 1.41. The largest absolute Gasteiger partial charge is 0.321 e. The van der Waals surface area contributed by atoms with Crippen LogP contribution in [0.2, 0.25) is 0 Å². The van der Waals surface area contributed by atoms with E-state index in [1.807, 2.05) is 0 Å². The number of carbonyl (C=O) groups excluding carboxylic acids is 1. The van der Waals surface area contributed by atoms with Crippen LogP contribution in [0.1, 0.15) is 17.4 Å². The fourth-order valence-electron chi connectivity index (χ4n) is 0.692. The van der Waals surface area contributed by atoms with Gasteiger partial charge in [-0.3, -0.25) is 4.79 Å². The highest BCUT2D eigenvalue weighted by molar-refractivity contribution is 5.97. The first-order valence-corrected chi connectivity index (χ1v) is 3.27. The summed E-state index contributed by atoms with van der Waals surface area (Å²) in [6, 6.07) is -0.508. The molecule has 1 rings (SSSR count). The minimum Gasteiger partial charge on any atom is -0.321 e. The van der Waals surface area contributed by atoms with E-state index in [9.17, 15) is 4.79 Å².